The van der Waals surface area contributed by atoms with Gasteiger partial charge in [0.05, 0.1) is 10.7 Å². The molecule has 0 spiro atoms. The molecule has 0 aliphatic heterocycles. The first-order valence-electron chi connectivity index (χ1n) is 10.2. The minimum Gasteiger partial charge on any atom is -0.489 e. The van der Waals surface area contributed by atoms with Gasteiger partial charge in [-0.05, 0) is 76.1 Å². The monoisotopic (exact) mass is 439 g/mol. The summed E-state index contributed by atoms with van der Waals surface area (Å²) in [5, 5.41) is 10.2. The molecule has 0 aliphatic rings. The number of ether oxygens (including phenoxy) is 1. The van der Waals surface area contributed by atoms with E-state index in [0.717, 1.165) is 28.3 Å². The van der Waals surface area contributed by atoms with Crippen molar-refractivity contribution in [1.29, 1.82) is 0 Å². The van der Waals surface area contributed by atoms with Crippen LogP contribution in [0.1, 0.15) is 5.56 Å². The fourth-order valence-corrected chi connectivity index (χ4v) is 3.44. The number of hydrogen-bond acceptors (Lipinski definition) is 3. The fourth-order valence-electron chi connectivity index (χ4n) is 3.31. The minimum absolute atomic E-state index is 0.525. The van der Waals surface area contributed by atoms with Crippen molar-refractivity contribution >= 4 is 11.6 Å². The van der Waals surface area contributed by atoms with Gasteiger partial charge in [0.25, 0.3) is 0 Å². The largest absolute Gasteiger partial charge is 0.489 e. The van der Waals surface area contributed by atoms with Crippen LogP contribution >= 0.6 is 11.6 Å². The summed E-state index contributed by atoms with van der Waals surface area (Å²) in [7, 11) is 0. The number of tetrazole rings is 1. The van der Waals surface area contributed by atoms with Crippen molar-refractivity contribution in [2.24, 2.45) is 0 Å². The number of aromatic nitrogens is 4. The lowest BCUT2D eigenvalue weighted by atomic mass is 10.2. The van der Waals surface area contributed by atoms with E-state index >= 15 is 0 Å². The van der Waals surface area contributed by atoms with Crippen molar-refractivity contribution in [3.05, 3.63) is 120 Å². The molecule has 0 radical (unpaired) electrons. The van der Waals surface area contributed by atoms with E-state index in [1.165, 1.54) is 0 Å². The molecule has 1 heterocycles. The lowest BCUT2D eigenvalue weighted by Gasteiger charge is -2.05. The normalized spacial score (nSPS) is 10.8. The van der Waals surface area contributed by atoms with Crippen LogP contribution in [-0.4, -0.2) is 15.0 Å². The predicted molar refractivity (Wildman–Crippen MR) is 124 cm³/mol. The molecule has 6 heteroatoms. The summed E-state index contributed by atoms with van der Waals surface area (Å²) >= 11 is 6.07. The molecular formula is C26H20ClN4O+. The lowest BCUT2D eigenvalue weighted by Crippen LogP contribution is -2.43. The van der Waals surface area contributed by atoms with E-state index < -0.39 is 0 Å². The molecule has 0 atom stereocenters. The minimum atomic E-state index is 0.525. The van der Waals surface area contributed by atoms with Crippen LogP contribution in [0.15, 0.2) is 109 Å². The van der Waals surface area contributed by atoms with Crippen LogP contribution in [0.5, 0.6) is 5.75 Å². The van der Waals surface area contributed by atoms with Crippen molar-refractivity contribution < 1.29 is 9.53 Å². The van der Waals surface area contributed by atoms with Gasteiger partial charge in [-0.3, -0.25) is 0 Å². The molecule has 0 aliphatic carbocycles. The molecule has 0 saturated carbocycles. The van der Waals surface area contributed by atoms with Crippen LogP contribution in [0.4, 0.5) is 0 Å². The van der Waals surface area contributed by atoms with Gasteiger partial charge in [-0.25, -0.2) is 0 Å². The van der Waals surface area contributed by atoms with Crippen molar-refractivity contribution in [2.75, 3.05) is 0 Å². The summed E-state index contributed by atoms with van der Waals surface area (Å²) in [5.74, 6) is 1.41. The third-order valence-electron chi connectivity index (χ3n) is 4.96. The zero-order valence-electron chi connectivity index (χ0n) is 17.2. The van der Waals surface area contributed by atoms with Gasteiger partial charge in [-0.2, -0.15) is 0 Å². The second kappa shape index (κ2) is 9.04. The molecule has 0 N–H and O–H groups in total. The molecule has 4 aromatic carbocycles. The third kappa shape index (κ3) is 4.38. The molecule has 0 amide bonds. The van der Waals surface area contributed by atoms with Crippen LogP contribution in [-0.2, 0) is 6.61 Å². The first-order chi connectivity index (χ1) is 15.8. The number of benzene rings is 4. The summed E-state index contributed by atoms with van der Waals surface area (Å²) in [6, 6.07) is 35.3. The zero-order chi connectivity index (χ0) is 21.8. The van der Waals surface area contributed by atoms with Crippen LogP contribution in [0.25, 0.3) is 22.8 Å². The Labute approximate surface area is 191 Å². The molecule has 32 heavy (non-hydrogen) atoms. The summed E-state index contributed by atoms with van der Waals surface area (Å²) in [5.41, 5.74) is 3.79. The highest BCUT2D eigenvalue weighted by atomic mass is 35.5. The highest BCUT2D eigenvalue weighted by molar-refractivity contribution is 6.30. The molecule has 5 aromatic rings. The molecule has 0 unspecified atom stereocenters. The van der Waals surface area contributed by atoms with Gasteiger partial charge in [-0.1, -0.05) is 60.1 Å². The molecule has 1 aromatic heterocycles. The van der Waals surface area contributed by atoms with E-state index in [1.54, 1.807) is 9.59 Å². The zero-order valence-corrected chi connectivity index (χ0v) is 17.9. The average Bonchev–Trinajstić information content (AvgIpc) is 3.30. The Morgan fingerprint density at radius 3 is 2.09 bits per heavy atom. The van der Waals surface area contributed by atoms with Crippen LogP contribution in [0.2, 0.25) is 5.02 Å². The second-order valence-corrected chi connectivity index (χ2v) is 7.65. The van der Waals surface area contributed by atoms with Crippen molar-refractivity contribution in [1.82, 2.24) is 15.0 Å². The number of nitrogens with zero attached hydrogens (tertiary/aromatic N) is 4. The van der Waals surface area contributed by atoms with E-state index in [2.05, 4.69) is 0 Å². The number of hydrogen-bond donors (Lipinski definition) is 0. The molecule has 156 valence electrons. The lowest BCUT2D eigenvalue weighted by molar-refractivity contribution is -0.734. The van der Waals surface area contributed by atoms with Crippen molar-refractivity contribution in [3.8, 4) is 28.5 Å². The van der Waals surface area contributed by atoms with Gasteiger partial charge in [0.15, 0.2) is 5.69 Å². The molecule has 5 rings (SSSR count). The Morgan fingerprint density at radius 1 is 0.750 bits per heavy atom. The van der Waals surface area contributed by atoms with E-state index in [0.29, 0.717) is 17.5 Å². The van der Waals surface area contributed by atoms with Gasteiger partial charge in [0.1, 0.15) is 18.0 Å². The van der Waals surface area contributed by atoms with Crippen molar-refractivity contribution in [2.45, 2.75) is 6.61 Å². The standard InChI is InChI=1S/C26H20ClN4O/c27-22-13-15-24(16-14-22)31-29-26(28-30(31)23-9-5-2-6-10-23)21-11-17-25(18-12-21)32-19-20-7-3-1-4-8-20/h1-18H,19H2/q+1. The van der Waals surface area contributed by atoms with Gasteiger partial charge < -0.3 is 4.74 Å². The van der Waals surface area contributed by atoms with E-state index in [1.807, 2.05) is 109 Å². The maximum atomic E-state index is 6.07. The van der Waals surface area contributed by atoms with Crippen LogP contribution < -0.4 is 9.53 Å². The van der Waals surface area contributed by atoms with Gasteiger partial charge in [0.2, 0.25) is 0 Å². The van der Waals surface area contributed by atoms with E-state index in [4.69, 9.17) is 26.5 Å². The van der Waals surface area contributed by atoms with Crippen LogP contribution in [0.3, 0.4) is 0 Å². The molecule has 0 saturated heterocycles. The summed E-state index contributed by atoms with van der Waals surface area (Å²) in [6.45, 7) is 0.525. The van der Waals surface area contributed by atoms with E-state index in [9.17, 15) is 0 Å². The third-order valence-corrected chi connectivity index (χ3v) is 5.22. The van der Waals surface area contributed by atoms with Crippen LogP contribution in [0, 0.1) is 0 Å². The highest BCUT2D eigenvalue weighted by Gasteiger charge is 2.23. The smallest absolute Gasteiger partial charge is 0.340 e. The topological polar surface area (TPSA) is 43.8 Å². The Morgan fingerprint density at radius 2 is 1.41 bits per heavy atom. The van der Waals surface area contributed by atoms with Gasteiger partial charge in [-0.15, -0.1) is 0 Å². The predicted octanol–water partition coefficient (Wildman–Crippen LogP) is 5.44. The quantitative estimate of drug-likeness (QED) is 0.331. The SMILES string of the molecule is Clc1ccc(-[n+]2nc(-c3ccc(OCc4ccccc4)cc3)nn2-c2ccccc2)cc1. The summed E-state index contributed by atoms with van der Waals surface area (Å²) < 4.78 is 5.90. The van der Waals surface area contributed by atoms with Gasteiger partial charge in [0, 0.05) is 9.82 Å². The maximum Gasteiger partial charge on any atom is 0.340 e. The maximum absolute atomic E-state index is 6.07. The first-order valence-corrected chi connectivity index (χ1v) is 10.6. The number of para-hydroxylation sites is 1. The molecule has 0 bridgehead atoms. The summed E-state index contributed by atoms with van der Waals surface area (Å²) in [4.78, 5) is 3.54. The average molecular weight is 440 g/mol. The molecular weight excluding hydrogens is 420 g/mol. The summed E-state index contributed by atoms with van der Waals surface area (Å²) in [6.07, 6.45) is 0. The second-order valence-electron chi connectivity index (χ2n) is 7.21. The Balaban J connectivity index is 1.45. The van der Waals surface area contributed by atoms with E-state index in [-0.39, 0.29) is 0 Å². The number of halogens is 1. The first kappa shape index (κ1) is 20.0. The molecule has 0 fully saturated rings. The van der Waals surface area contributed by atoms with Gasteiger partial charge >= 0.3 is 5.82 Å². The Bertz CT molecular complexity index is 1300. The molecule has 5 nitrogen and oxygen atoms in total. The van der Waals surface area contributed by atoms with Crippen molar-refractivity contribution in [3.63, 3.8) is 0 Å². The fraction of sp³-hybridized carbons (Fsp3) is 0.0385. The number of rotatable bonds is 6. The Kier molecular flexibility index (Phi) is 5.64. The highest BCUT2D eigenvalue weighted by Crippen LogP contribution is 2.20. The Hall–Kier alpha value is -3.96.